The topological polar surface area (TPSA) is 53.6 Å². The van der Waals surface area contributed by atoms with Gasteiger partial charge in [0.05, 0.1) is 18.0 Å². The molecule has 35 heavy (non-hydrogen) atoms. The van der Waals surface area contributed by atoms with Crippen molar-refractivity contribution in [2.45, 2.75) is 41.0 Å². The number of benzene rings is 2. The van der Waals surface area contributed by atoms with Crippen molar-refractivity contribution >= 4 is 28.9 Å². The van der Waals surface area contributed by atoms with E-state index in [1.54, 1.807) is 14.2 Å². The third-order valence-corrected chi connectivity index (χ3v) is 5.44. The molecule has 2 aromatic carbocycles. The molecule has 0 heterocycles. The molecular formula is C29H40ClN3O2. The average molecular weight is 498 g/mol. The summed E-state index contributed by atoms with van der Waals surface area (Å²) in [5, 5.41) is 6.82. The fraction of sp³-hybridized carbons (Fsp3) is 0.345. The molecule has 0 aromatic heterocycles. The van der Waals surface area contributed by atoms with Crippen molar-refractivity contribution < 1.29 is 9.53 Å². The second-order valence-electron chi connectivity index (χ2n) is 7.54. The van der Waals surface area contributed by atoms with E-state index < -0.39 is 0 Å². The van der Waals surface area contributed by atoms with E-state index in [9.17, 15) is 4.79 Å². The number of carbonyl (C=O) groups is 1. The molecule has 0 unspecified atom stereocenters. The minimum atomic E-state index is -0.106. The Morgan fingerprint density at radius 2 is 1.89 bits per heavy atom. The zero-order chi connectivity index (χ0) is 26.4. The van der Waals surface area contributed by atoms with Crippen molar-refractivity contribution in [2.24, 2.45) is 0 Å². The standard InChI is InChI=1S/C27H34ClN3O2.C2H6/c1-7-10-26(24(8-2)30-20(4)21-11-9-12-23(28)18-21)31(15-16-33-6)25-14-13-22(17-19(25)3)27(32)29-5;1-2/h8-14,17-18,30H,4,7,15-16H2,1-3,5-6H3,(H,29,32);1-2H3/b24-8-,26-10+;. The summed E-state index contributed by atoms with van der Waals surface area (Å²) >= 11 is 6.18. The monoisotopic (exact) mass is 497 g/mol. The number of aryl methyl sites for hydroxylation is 1. The maximum atomic E-state index is 12.1. The van der Waals surface area contributed by atoms with Crippen molar-refractivity contribution in [3.05, 3.63) is 94.3 Å². The number of hydrogen-bond donors (Lipinski definition) is 2. The van der Waals surface area contributed by atoms with Crippen LogP contribution in [0.15, 0.2) is 72.6 Å². The molecule has 0 spiro atoms. The summed E-state index contributed by atoms with van der Waals surface area (Å²) in [4.78, 5) is 14.3. The Balaban J connectivity index is 0.00000298. The van der Waals surface area contributed by atoms with Crippen LogP contribution in [-0.2, 0) is 4.74 Å². The number of rotatable bonds is 11. The molecule has 0 bridgehead atoms. The predicted octanol–water partition coefficient (Wildman–Crippen LogP) is 6.95. The van der Waals surface area contributed by atoms with Crippen LogP contribution in [-0.4, -0.2) is 33.2 Å². The lowest BCUT2D eigenvalue weighted by atomic mass is 10.1. The number of ether oxygens (including phenoxy) is 1. The van der Waals surface area contributed by atoms with Crippen LogP contribution in [0, 0.1) is 6.92 Å². The molecule has 2 aromatic rings. The summed E-state index contributed by atoms with van der Waals surface area (Å²) in [5.41, 5.74) is 6.25. The van der Waals surface area contributed by atoms with Crippen molar-refractivity contribution in [1.29, 1.82) is 0 Å². The Morgan fingerprint density at radius 1 is 1.17 bits per heavy atom. The van der Waals surface area contributed by atoms with Gasteiger partial charge in [-0.15, -0.1) is 0 Å². The number of methoxy groups -OCH3 is 1. The highest BCUT2D eigenvalue weighted by molar-refractivity contribution is 6.30. The Kier molecular flexibility index (Phi) is 13.5. The Hall–Kier alpha value is -3.02. The van der Waals surface area contributed by atoms with Crippen molar-refractivity contribution in [3.8, 4) is 0 Å². The van der Waals surface area contributed by atoms with Crippen molar-refractivity contribution in [3.63, 3.8) is 0 Å². The fourth-order valence-corrected chi connectivity index (χ4v) is 3.74. The third kappa shape index (κ3) is 8.61. The van der Waals surface area contributed by atoms with Crippen LogP contribution >= 0.6 is 11.6 Å². The predicted molar refractivity (Wildman–Crippen MR) is 151 cm³/mol. The molecule has 2 rings (SSSR count). The molecule has 0 aliphatic carbocycles. The smallest absolute Gasteiger partial charge is 0.251 e. The number of carbonyl (C=O) groups excluding carboxylic acids is 1. The molecule has 0 saturated carbocycles. The van der Waals surface area contributed by atoms with E-state index in [4.69, 9.17) is 16.3 Å². The molecule has 0 atom stereocenters. The van der Waals surface area contributed by atoms with E-state index in [2.05, 4.69) is 35.1 Å². The number of anilines is 1. The first kappa shape index (κ1) is 30.0. The van der Waals surface area contributed by atoms with Gasteiger partial charge in [0.2, 0.25) is 0 Å². The lowest BCUT2D eigenvalue weighted by Crippen LogP contribution is -2.31. The molecule has 190 valence electrons. The van der Waals surface area contributed by atoms with Crippen LogP contribution < -0.4 is 15.5 Å². The molecule has 0 radical (unpaired) electrons. The summed E-state index contributed by atoms with van der Waals surface area (Å²) in [6.07, 6.45) is 5.05. The van der Waals surface area contributed by atoms with Gasteiger partial charge in [-0.1, -0.05) is 63.2 Å². The normalized spacial score (nSPS) is 11.3. The quantitative estimate of drug-likeness (QED) is 0.330. The van der Waals surface area contributed by atoms with Gasteiger partial charge in [-0.3, -0.25) is 4.79 Å². The summed E-state index contributed by atoms with van der Waals surface area (Å²) in [6, 6.07) is 13.3. The summed E-state index contributed by atoms with van der Waals surface area (Å²) in [5.74, 6) is -0.106. The SMILES string of the molecule is C=C(NC(=C\C)/C(=C\CC)N(CCOC)c1ccc(C(=O)NC)cc1C)c1cccc(Cl)c1.CC. The number of amides is 1. The molecule has 6 heteroatoms. The zero-order valence-electron chi connectivity index (χ0n) is 22.2. The second-order valence-corrected chi connectivity index (χ2v) is 7.98. The first-order valence-electron chi connectivity index (χ1n) is 12.0. The van der Waals surface area contributed by atoms with Crippen LogP contribution in [0.2, 0.25) is 5.02 Å². The van der Waals surface area contributed by atoms with Crippen molar-refractivity contribution in [2.75, 3.05) is 32.2 Å². The molecule has 0 fully saturated rings. The molecule has 2 N–H and O–H groups in total. The molecule has 0 aliphatic rings. The number of halogens is 1. The largest absolute Gasteiger partial charge is 0.383 e. The number of allylic oxidation sites excluding steroid dienone is 2. The minimum Gasteiger partial charge on any atom is -0.383 e. The van der Waals surface area contributed by atoms with E-state index in [0.717, 1.165) is 40.3 Å². The Bertz CT molecular complexity index is 1040. The lowest BCUT2D eigenvalue weighted by molar-refractivity contribution is 0.0963. The van der Waals surface area contributed by atoms with Crippen LogP contribution in [0.5, 0.6) is 0 Å². The van der Waals surface area contributed by atoms with Gasteiger partial charge in [0.15, 0.2) is 0 Å². The molecule has 5 nitrogen and oxygen atoms in total. The molecule has 0 aliphatic heterocycles. The van der Waals surface area contributed by atoms with Gasteiger partial charge in [-0.25, -0.2) is 0 Å². The van der Waals surface area contributed by atoms with Crippen LogP contribution in [0.4, 0.5) is 5.69 Å². The number of nitrogens with zero attached hydrogens (tertiary/aromatic N) is 1. The number of nitrogens with one attached hydrogen (secondary N) is 2. The summed E-state index contributed by atoms with van der Waals surface area (Å²) in [7, 11) is 3.33. The highest BCUT2D eigenvalue weighted by Gasteiger charge is 2.19. The highest BCUT2D eigenvalue weighted by atomic mass is 35.5. The van der Waals surface area contributed by atoms with Crippen molar-refractivity contribution in [1.82, 2.24) is 10.6 Å². The van der Waals surface area contributed by atoms with Crippen LogP contribution in [0.25, 0.3) is 5.70 Å². The summed E-state index contributed by atoms with van der Waals surface area (Å²) < 4.78 is 5.41. The van der Waals surface area contributed by atoms with Gasteiger partial charge < -0.3 is 20.3 Å². The van der Waals surface area contributed by atoms with Gasteiger partial charge in [0.1, 0.15) is 0 Å². The Morgan fingerprint density at radius 3 is 2.43 bits per heavy atom. The van der Waals surface area contributed by atoms with Crippen LogP contribution in [0.1, 0.15) is 55.6 Å². The lowest BCUT2D eigenvalue weighted by Gasteiger charge is -2.31. The van der Waals surface area contributed by atoms with Crippen LogP contribution in [0.3, 0.4) is 0 Å². The molecule has 1 amide bonds. The zero-order valence-corrected chi connectivity index (χ0v) is 22.9. The third-order valence-electron chi connectivity index (χ3n) is 5.21. The average Bonchev–Trinajstić information content (AvgIpc) is 2.88. The van der Waals surface area contributed by atoms with E-state index in [1.165, 1.54) is 0 Å². The minimum absolute atomic E-state index is 0.106. The fourth-order valence-electron chi connectivity index (χ4n) is 3.55. The van der Waals surface area contributed by atoms with Gasteiger partial charge in [-0.05, 0) is 61.7 Å². The summed E-state index contributed by atoms with van der Waals surface area (Å²) in [6.45, 7) is 15.5. The van der Waals surface area contributed by atoms with Gasteiger partial charge in [0, 0.05) is 42.7 Å². The van der Waals surface area contributed by atoms with E-state index in [-0.39, 0.29) is 5.91 Å². The first-order chi connectivity index (χ1) is 16.9. The maximum absolute atomic E-state index is 12.1. The molecule has 0 saturated heterocycles. The van der Waals surface area contributed by atoms with E-state index in [0.29, 0.717) is 23.7 Å². The van der Waals surface area contributed by atoms with Gasteiger partial charge in [-0.2, -0.15) is 0 Å². The molecular weight excluding hydrogens is 458 g/mol. The highest BCUT2D eigenvalue weighted by Crippen LogP contribution is 2.29. The maximum Gasteiger partial charge on any atom is 0.251 e. The first-order valence-corrected chi connectivity index (χ1v) is 12.4. The number of hydrogen-bond acceptors (Lipinski definition) is 4. The van der Waals surface area contributed by atoms with E-state index >= 15 is 0 Å². The van der Waals surface area contributed by atoms with Gasteiger partial charge in [0.25, 0.3) is 5.91 Å². The van der Waals surface area contributed by atoms with E-state index in [1.807, 2.05) is 76.2 Å². The van der Waals surface area contributed by atoms with Gasteiger partial charge >= 0.3 is 0 Å². The second kappa shape index (κ2) is 15.8. The Labute approximate surface area is 216 Å².